The lowest BCUT2D eigenvalue weighted by Gasteiger charge is -2.32. The van der Waals surface area contributed by atoms with Crippen LogP contribution in [0.4, 0.5) is 0 Å². The molecule has 2 aliphatic rings. The molecular formula is C17H34B2O4Si. The quantitative estimate of drug-likeness (QED) is 0.718. The normalized spacial score (nSPS) is 28.5. The molecule has 0 atom stereocenters. The maximum atomic E-state index is 6.30. The minimum Gasteiger partial charge on any atom is -0.400 e. The zero-order valence-electron chi connectivity index (χ0n) is 17.4. The molecule has 0 bridgehead atoms. The van der Waals surface area contributed by atoms with Gasteiger partial charge in [-0.05, 0) is 55.4 Å². The molecule has 2 saturated heterocycles. The lowest BCUT2D eigenvalue weighted by Crippen LogP contribution is -2.41. The Bertz CT molecular complexity index is 503. The van der Waals surface area contributed by atoms with Crippen molar-refractivity contribution in [1.29, 1.82) is 0 Å². The van der Waals surface area contributed by atoms with Crippen LogP contribution in [0.2, 0.25) is 19.6 Å². The van der Waals surface area contributed by atoms with Crippen molar-refractivity contribution in [3.63, 3.8) is 0 Å². The van der Waals surface area contributed by atoms with Gasteiger partial charge >= 0.3 is 14.2 Å². The first kappa shape index (κ1) is 20.2. The van der Waals surface area contributed by atoms with Crippen molar-refractivity contribution < 1.29 is 18.6 Å². The average molecular weight is 352 g/mol. The summed E-state index contributed by atoms with van der Waals surface area (Å²) in [5.41, 5.74) is -1.36. The van der Waals surface area contributed by atoms with Gasteiger partial charge in [-0.25, -0.2) is 0 Å². The van der Waals surface area contributed by atoms with E-state index in [4.69, 9.17) is 18.6 Å². The van der Waals surface area contributed by atoms with E-state index < -0.39 is 8.07 Å². The summed E-state index contributed by atoms with van der Waals surface area (Å²) in [6, 6.07) is 0. The third-order valence-electron chi connectivity index (χ3n) is 5.96. The first-order valence-corrected chi connectivity index (χ1v) is 12.4. The third-order valence-corrected chi connectivity index (χ3v) is 8.09. The smallest absolute Gasteiger partial charge is 0.400 e. The maximum absolute atomic E-state index is 6.30. The number of hydrogen-bond acceptors (Lipinski definition) is 4. The Morgan fingerprint density at radius 1 is 0.667 bits per heavy atom. The van der Waals surface area contributed by atoms with Crippen LogP contribution in [0.15, 0.2) is 11.1 Å². The lowest BCUT2D eigenvalue weighted by molar-refractivity contribution is 0.00578. The first-order valence-electron chi connectivity index (χ1n) is 8.92. The fourth-order valence-electron chi connectivity index (χ4n) is 2.76. The molecule has 2 rings (SSSR count). The molecular weight excluding hydrogens is 318 g/mol. The van der Waals surface area contributed by atoms with Gasteiger partial charge in [0.25, 0.3) is 0 Å². The minimum absolute atomic E-state index is 0.333. The van der Waals surface area contributed by atoms with Crippen LogP contribution in [0.5, 0.6) is 0 Å². The molecule has 0 spiro atoms. The molecule has 7 heteroatoms. The van der Waals surface area contributed by atoms with Crippen LogP contribution in [-0.4, -0.2) is 44.7 Å². The molecule has 4 nitrogen and oxygen atoms in total. The zero-order valence-corrected chi connectivity index (χ0v) is 18.4. The van der Waals surface area contributed by atoms with E-state index in [9.17, 15) is 0 Å². The second kappa shape index (κ2) is 5.71. The maximum Gasteiger partial charge on any atom is 0.486 e. The molecule has 0 amide bonds. The van der Waals surface area contributed by atoms with Gasteiger partial charge in [-0.1, -0.05) is 30.7 Å². The number of rotatable bonds is 3. The van der Waals surface area contributed by atoms with Crippen LogP contribution < -0.4 is 0 Å². The third kappa shape index (κ3) is 3.56. The molecule has 0 aromatic carbocycles. The topological polar surface area (TPSA) is 36.9 Å². The zero-order chi connectivity index (χ0) is 18.8. The summed E-state index contributed by atoms with van der Waals surface area (Å²) in [5, 5.41) is 1.19. The number of hydrogen-bond donors (Lipinski definition) is 0. The highest BCUT2D eigenvalue weighted by Crippen LogP contribution is 2.42. The van der Waals surface area contributed by atoms with Gasteiger partial charge in [-0.3, -0.25) is 0 Å². The molecule has 136 valence electrons. The molecule has 2 aliphatic heterocycles. The molecule has 0 aliphatic carbocycles. The molecule has 2 fully saturated rings. The van der Waals surface area contributed by atoms with Crippen molar-refractivity contribution in [1.82, 2.24) is 0 Å². The molecule has 0 unspecified atom stereocenters. The van der Waals surface area contributed by atoms with E-state index in [2.05, 4.69) is 81.0 Å². The van der Waals surface area contributed by atoms with Gasteiger partial charge < -0.3 is 18.6 Å². The van der Waals surface area contributed by atoms with Gasteiger partial charge in [0.2, 0.25) is 0 Å². The highest BCUT2D eigenvalue weighted by atomic mass is 28.3. The molecule has 0 saturated carbocycles. The van der Waals surface area contributed by atoms with Gasteiger partial charge in [0.15, 0.2) is 0 Å². The Morgan fingerprint density at radius 3 is 1.33 bits per heavy atom. The SMILES string of the molecule is CC1(C)OB(/C=C(\B2OC(C)(C)C(C)(C)O2)[Si](C)(C)C)OC1(C)C. The van der Waals surface area contributed by atoms with E-state index >= 15 is 0 Å². The Labute approximate surface area is 149 Å². The molecule has 0 N–H and O–H groups in total. The second-order valence-corrected chi connectivity index (χ2v) is 15.2. The fourth-order valence-corrected chi connectivity index (χ4v) is 4.22. The summed E-state index contributed by atoms with van der Waals surface area (Å²) >= 11 is 0. The van der Waals surface area contributed by atoms with E-state index in [1.165, 1.54) is 5.10 Å². The summed E-state index contributed by atoms with van der Waals surface area (Å²) in [4.78, 5) is 0. The highest BCUT2D eigenvalue weighted by Gasteiger charge is 2.55. The monoisotopic (exact) mass is 352 g/mol. The van der Waals surface area contributed by atoms with Crippen LogP contribution in [0.1, 0.15) is 55.4 Å². The van der Waals surface area contributed by atoms with E-state index in [0.29, 0.717) is 0 Å². The average Bonchev–Trinajstić information content (AvgIpc) is 2.63. The molecule has 2 heterocycles. The first-order chi connectivity index (χ1) is 10.5. The van der Waals surface area contributed by atoms with Crippen LogP contribution in [0.25, 0.3) is 0 Å². The van der Waals surface area contributed by atoms with Crippen LogP contribution >= 0.6 is 0 Å². The summed E-state index contributed by atoms with van der Waals surface area (Å²) in [6.07, 6.45) is 0. The van der Waals surface area contributed by atoms with Crippen molar-refractivity contribution >= 4 is 22.3 Å². The summed E-state index contributed by atoms with van der Waals surface area (Å²) in [7, 11) is -2.38. The van der Waals surface area contributed by atoms with Gasteiger partial charge in [-0.2, -0.15) is 0 Å². The van der Waals surface area contributed by atoms with Gasteiger partial charge in [0.05, 0.1) is 30.5 Å². The van der Waals surface area contributed by atoms with Gasteiger partial charge in [0.1, 0.15) is 0 Å². The fraction of sp³-hybridized carbons (Fsp3) is 0.882. The summed E-state index contributed by atoms with van der Waals surface area (Å²) in [6.45, 7) is 23.5. The van der Waals surface area contributed by atoms with Crippen molar-refractivity contribution in [2.75, 3.05) is 0 Å². The largest absolute Gasteiger partial charge is 0.486 e. The van der Waals surface area contributed by atoms with Crippen LogP contribution in [0, 0.1) is 0 Å². The molecule has 24 heavy (non-hydrogen) atoms. The Balaban J connectivity index is 2.32. The molecule has 0 aromatic rings. The van der Waals surface area contributed by atoms with Crippen LogP contribution in [-0.2, 0) is 18.6 Å². The second-order valence-electron chi connectivity index (χ2n) is 10.1. The Morgan fingerprint density at radius 2 is 1.00 bits per heavy atom. The predicted octanol–water partition coefficient (Wildman–Crippen LogP) is 4.05. The van der Waals surface area contributed by atoms with Crippen molar-refractivity contribution in [2.45, 2.75) is 97.4 Å². The Kier molecular flexibility index (Phi) is 4.82. The van der Waals surface area contributed by atoms with Crippen LogP contribution in [0.3, 0.4) is 0 Å². The van der Waals surface area contributed by atoms with Gasteiger partial charge in [-0.15, -0.1) is 0 Å². The lowest BCUT2D eigenvalue weighted by atomic mass is 9.79. The Hall–Kier alpha value is -0.0732. The van der Waals surface area contributed by atoms with E-state index in [0.717, 1.165) is 0 Å². The van der Waals surface area contributed by atoms with Gasteiger partial charge in [0, 0.05) is 0 Å². The standard InChI is InChI=1S/C17H34B2O4Si/c1-14(2)15(3,4)21-18(20-14)12-13(24(9,10)11)19-22-16(5,6)17(7,8)23-19/h12H,1-11H3/b13-12+. The minimum atomic E-state index is -1.69. The van der Waals surface area contributed by atoms with Crippen molar-refractivity contribution in [2.24, 2.45) is 0 Å². The molecule has 0 radical (unpaired) electrons. The van der Waals surface area contributed by atoms with E-state index in [1.807, 2.05) is 0 Å². The predicted molar refractivity (Wildman–Crippen MR) is 104 cm³/mol. The van der Waals surface area contributed by atoms with E-state index in [-0.39, 0.29) is 36.6 Å². The molecule has 0 aromatic heterocycles. The van der Waals surface area contributed by atoms with Crippen molar-refractivity contribution in [3.05, 3.63) is 11.1 Å². The summed E-state index contributed by atoms with van der Waals surface area (Å²) < 4.78 is 24.9. The van der Waals surface area contributed by atoms with E-state index in [1.54, 1.807) is 0 Å². The highest BCUT2D eigenvalue weighted by molar-refractivity contribution is 6.96. The summed E-state index contributed by atoms with van der Waals surface area (Å²) in [5.74, 6) is 2.10. The van der Waals surface area contributed by atoms with Crippen molar-refractivity contribution in [3.8, 4) is 0 Å².